The number of methoxy groups -OCH3 is 1. The van der Waals surface area contributed by atoms with Crippen molar-refractivity contribution in [2.24, 2.45) is 0 Å². The van der Waals surface area contributed by atoms with E-state index in [1.807, 2.05) is 54.6 Å². The van der Waals surface area contributed by atoms with Crippen molar-refractivity contribution in [3.63, 3.8) is 0 Å². The Balaban J connectivity index is 1.21. The van der Waals surface area contributed by atoms with E-state index in [1.54, 1.807) is 40.7 Å². The Kier molecular flexibility index (Phi) is 8.60. The van der Waals surface area contributed by atoms with Crippen LogP contribution in [0.15, 0.2) is 79.0 Å². The molecule has 3 unspecified atom stereocenters. The van der Waals surface area contributed by atoms with Gasteiger partial charge in [-0.2, -0.15) is 4.31 Å². The second kappa shape index (κ2) is 12.3. The molecule has 3 heterocycles. The molecule has 0 spiro atoms. The highest BCUT2D eigenvalue weighted by Gasteiger charge is 2.38. The molecule has 2 aliphatic rings. The maximum Gasteiger partial charge on any atom is 0.223 e. The van der Waals surface area contributed by atoms with Crippen molar-refractivity contribution in [2.45, 2.75) is 49.7 Å². The van der Waals surface area contributed by atoms with Gasteiger partial charge in [0.1, 0.15) is 18.0 Å². The van der Waals surface area contributed by atoms with Crippen LogP contribution < -0.4 is 4.74 Å². The van der Waals surface area contributed by atoms with Gasteiger partial charge < -0.3 is 14.4 Å². The van der Waals surface area contributed by atoms with E-state index in [2.05, 4.69) is 4.98 Å². The number of aryl methyl sites for hydroxylation is 1. The van der Waals surface area contributed by atoms with E-state index >= 15 is 0 Å². The Morgan fingerprint density at radius 1 is 0.974 bits per heavy atom. The molecule has 0 aliphatic carbocycles. The van der Waals surface area contributed by atoms with Crippen LogP contribution in [0.5, 0.6) is 5.75 Å². The zero-order valence-corrected chi connectivity index (χ0v) is 23.0. The van der Waals surface area contributed by atoms with Crippen LogP contribution in [0.3, 0.4) is 0 Å². The lowest BCUT2D eigenvalue weighted by Gasteiger charge is -2.24. The van der Waals surface area contributed by atoms with Crippen LogP contribution in [0, 0.1) is 0 Å². The molecule has 0 bridgehead atoms. The number of sulfonamides is 1. The summed E-state index contributed by atoms with van der Waals surface area (Å²) in [6.07, 6.45) is 3.79. The third kappa shape index (κ3) is 6.66. The third-order valence-corrected chi connectivity index (χ3v) is 9.32. The summed E-state index contributed by atoms with van der Waals surface area (Å²) in [5.74, 6) is 0.520. The van der Waals surface area contributed by atoms with Crippen molar-refractivity contribution in [3.05, 3.63) is 95.8 Å². The van der Waals surface area contributed by atoms with E-state index in [-0.39, 0.29) is 29.9 Å². The van der Waals surface area contributed by atoms with Gasteiger partial charge >= 0.3 is 0 Å². The fourth-order valence-corrected chi connectivity index (χ4v) is 7.23. The molecule has 3 atom stereocenters. The minimum atomic E-state index is -3.56. The summed E-state index contributed by atoms with van der Waals surface area (Å²) in [4.78, 5) is 19.1. The molecule has 2 aromatic carbocycles. The molecular formula is C30H35N3O5S. The van der Waals surface area contributed by atoms with Crippen LogP contribution in [0.2, 0.25) is 0 Å². The topological polar surface area (TPSA) is 89.0 Å². The van der Waals surface area contributed by atoms with Gasteiger partial charge in [0.05, 0.1) is 30.6 Å². The molecule has 8 nitrogen and oxygen atoms in total. The molecule has 5 rings (SSSR count). The number of likely N-dealkylation sites (tertiary alicyclic amines) is 1. The quantitative estimate of drug-likeness (QED) is 0.380. The number of amides is 1. The molecule has 0 saturated carbocycles. The predicted molar refractivity (Wildman–Crippen MR) is 149 cm³/mol. The van der Waals surface area contributed by atoms with Gasteiger partial charge in [-0.15, -0.1) is 0 Å². The number of ether oxygens (including phenoxy) is 2. The van der Waals surface area contributed by atoms with Gasteiger partial charge in [0.2, 0.25) is 15.9 Å². The van der Waals surface area contributed by atoms with Crippen LogP contribution in [0.1, 0.15) is 42.1 Å². The number of pyridine rings is 1. The lowest BCUT2D eigenvalue weighted by Crippen LogP contribution is -2.32. The summed E-state index contributed by atoms with van der Waals surface area (Å²) >= 11 is 0. The minimum absolute atomic E-state index is 0.0694. The van der Waals surface area contributed by atoms with Crippen molar-refractivity contribution >= 4 is 15.9 Å². The van der Waals surface area contributed by atoms with Crippen LogP contribution in [0.4, 0.5) is 0 Å². The molecule has 0 radical (unpaired) electrons. The lowest BCUT2D eigenvalue weighted by molar-refractivity contribution is -0.130. The van der Waals surface area contributed by atoms with E-state index in [9.17, 15) is 13.2 Å². The fraction of sp³-hybridized carbons (Fsp3) is 0.400. The predicted octanol–water partition coefficient (Wildman–Crippen LogP) is 3.99. The first kappa shape index (κ1) is 27.3. The van der Waals surface area contributed by atoms with Gasteiger partial charge in [-0.3, -0.25) is 9.78 Å². The van der Waals surface area contributed by atoms with E-state index in [0.717, 1.165) is 24.1 Å². The van der Waals surface area contributed by atoms with Crippen molar-refractivity contribution < 1.29 is 22.7 Å². The van der Waals surface area contributed by atoms with Crippen molar-refractivity contribution in [1.29, 1.82) is 0 Å². The average Bonchev–Trinajstić information content (AvgIpc) is 3.61. The smallest absolute Gasteiger partial charge is 0.223 e. The average molecular weight is 550 g/mol. The number of aromatic nitrogens is 1. The minimum Gasteiger partial charge on any atom is -0.486 e. The maximum atomic E-state index is 13.4. The summed E-state index contributed by atoms with van der Waals surface area (Å²) < 4.78 is 40.3. The Morgan fingerprint density at radius 2 is 1.74 bits per heavy atom. The number of rotatable bonds is 10. The van der Waals surface area contributed by atoms with Gasteiger partial charge in [-0.1, -0.05) is 48.5 Å². The second-order valence-corrected chi connectivity index (χ2v) is 12.1. The fourth-order valence-electron chi connectivity index (χ4n) is 5.46. The van der Waals surface area contributed by atoms with Gasteiger partial charge in [-0.05, 0) is 54.7 Å². The molecule has 206 valence electrons. The first-order valence-electron chi connectivity index (χ1n) is 13.4. The maximum absolute atomic E-state index is 13.4. The summed E-state index contributed by atoms with van der Waals surface area (Å²) in [5.41, 5.74) is 2.57. The van der Waals surface area contributed by atoms with Crippen molar-refractivity contribution in [3.8, 4) is 5.75 Å². The standard InChI is InChI=1S/C30H35N3O5S/c1-37-28-20-32(30(34)16-15-23-9-3-2-4-10-23)21-29(28)38-25-12-7-11-24(19-25)22-39(35,36)33-18-8-14-27(33)26-13-5-6-17-31-26/h2-7,9-13,17,19,27-29H,8,14-16,18,20-22H2,1H3. The molecule has 0 N–H and O–H groups in total. The molecule has 1 amide bonds. The highest BCUT2D eigenvalue weighted by molar-refractivity contribution is 7.88. The monoisotopic (exact) mass is 549 g/mol. The van der Waals surface area contributed by atoms with Crippen LogP contribution >= 0.6 is 0 Å². The molecule has 2 saturated heterocycles. The summed E-state index contributed by atoms with van der Waals surface area (Å²) in [5, 5.41) is 0. The van der Waals surface area contributed by atoms with E-state index in [4.69, 9.17) is 9.47 Å². The van der Waals surface area contributed by atoms with Crippen LogP contribution in [-0.2, 0) is 31.7 Å². The molecule has 2 fully saturated rings. The van der Waals surface area contributed by atoms with Crippen molar-refractivity contribution in [2.75, 3.05) is 26.7 Å². The SMILES string of the molecule is COC1CN(C(=O)CCc2ccccc2)CC1Oc1cccc(CS(=O)(=O)N2CCCC2c2ccccn2)c1. The Bertz CT molecular complexity index is 1350. The van der Waals surface area contributed by atoms with Crippen LogP contribution in [0.25, 0.3) is 0 Å². The van der Waals surface area contributed by atoms with Gasteiger partial charge in [0.15, 0.2) is 0 Å². The molecule has 2 aliphatic heterocycles. The molecule has 9 heteroatoms. The Morgan fingerprint density at radius 3 is 2.51 bits per heavy atom. The second-order valence-electron chi connectivity index (χ2n) is 10.1. The van der Waals surface area contributed by atoms with Gasteiger partial charge in [0.25, 0.3) is 0 Å². The lowest BCUT2D eigenvalue weighted by atomic mass is 10.1. The number of carbonyl (C=O) groups is 1. The van der Waals surface area contributed by atoms with Crippen LogP contribution in [-0.4, -0.2) is 67.5 Å². The zero-order valence-electron chi connectivity index (χ0n) is 22.2. The first-order chi connectivity index (χ1) is 18.9. The number of hydrogen-bond acceptors (Lipinski definition) is 6. The molecule has 1 aromatic heterocycles. The first-order valence-corrected chi connectivity index (χ1v) is 15.0. The van der Waals surface area contributed by atoms with Gasteiger partial charge in [0, 0.05) is 26.3 Å². The summed E-state index contributed by atoms with van der Waals surface area (Å²) in [7, 11) is -1.94. The normalized spacial score (nSPS) is 21.8. The molecule has 3 aromatic rings. The number of benzene rings is 2. The molecule has 39 heavy (non-hydrogen) atoms. The number of hydrogen-bond donors (Lipinski definition) is 0. The van der Waals surface area contributed by atoms with Crippen molar-refractivity contribution in [1.82, 2.24) is 14.2 Å². The number of carbonyl (C=O) groups excluding carboxylic acids is 1. The molecular weight excluding hydrogens is 514 g/mol. The van der Waals surface area contributed by atoms with E-state index in [1.165, 1.54) is 0 Å². The third-order valence-electron chi connectivity index (χ3n) is 7.47. The van der Waals surface area contributed by atoms with Gasteiger partial charge in [-0.25, -0.2) is 8.42 Å². The summed E-state index contributed by atoms with van der Waals surface area (Å²) in [6, 6.07) is 22.5. The van der Waals surface area contributed by atoms with E-state index in [0.29, 0.717) is 43.8 Å². The highest BCUT2D eigenvalue weighted by Crippen LogP contribution is 2.34. The Labute approximate surface area is 230 Å². The number of nitrogens with zero attached hydrogens (tertiary/aromatic N) is 3. The van der Waals surface area contributed by atoms with E-state index < -0.39 is 10.0 Å². The zero-order chi connectivity index (χ0) is 27.2. The largest absolute Gasteiger partial charge is 0.486 e. The summed E-state index contributed by atoms with van der Waals surface area (Å²) in [6.45, 7) is 1.38. The Hall–Kier alpha value is -3.27. The highest BCUT2D eigenvalue weighted by atomic mass is 32.2.